The monoisotopic (exact) mass is 317 g/mol. The maximum atomic E-state index is 12.1. The SMILES string of the molecule is Cc1cnc(C(C)NS(=O)(=O)c2c[nH]c(=O)c(Cl)c2)o1. The van der Waals surface area contributed by atoms with Crippen molar-refractivity contribution in [3.05, 3.63) is 45.5 Å². The Morgan fingerprint density at radius 2 is 2.20 bits per heavy atom. The summed E-state index contributed by atoms with van der Waals surface area (Å²) in [5.41, 5.74) is -0.554. The van der Waals surface area contributed by atoms with Gasteiger partial charge in [-0.25, -0.2) is 13.4 Å². The molecule has 0 fully saturated rings. The molecule has 0 aliphatic heterocycles. The minimum absolute atomic E-state index is 0.141. The van der Waals surface area contributed by atoms with Crippen LogP contribution in [0.25, 0.3) is 0 Å². The molecule has 2 heterocycles. The lowest BCUT2D eigenvalue weighted by molar-refractivity contribution is 0.427. The molecule has 2 aromatic heterocycles. The van der Waals surface area contributed by atoms with Crippen molar-refractivity contribution >= 4 is 21.6 Å². The van der Waals surface area contributed by atoms with Gasteiger partial charge in [-0.3, -0.25) is 4.79 Å². The van der Waals surface area contributed by atoms with Crippen molar-refractivity contribution in [1.82, 2.24) is 14.7 Å². The van der Waals surface area contributed by atoms with E-state index < -0.39 is 21.6 Å². The summed E-state index contributed by atoms with van der Waals surface area (Å²) in [7, 11) is -3.84. The maximum Gasteiger partial charge on any atom is 0.266 e. The lowest BCUT2D eigenvalue weighted by Crippen LogP contribution is -2.27. The zero-order valence-electron chi connectivity index (χ0n) is 10.7. The largest absolute Gasteiger partial charge is 0.444 e. The van der Waals surface area contributed by atoms with Crippen molar-refractivity contribution in [3.8, 4) is 0 Å². The Hall–Kier alpha value is -1.64. The van der Waals surface area contributed by atoms with Gasteiger partial charge >= 0.3 is 0 Å². The minimum atomic E-state index is -3.84. The molecule has 9 heteroatoms. The predicted octanol–water partition coefficient (Wildman–Crippen LogP) is 1.36. The molecule has 0 aliphatic carbocycles. The standard InChI is InChI=1S/C11H12ClN3O4S/c1-6-4-14-11(19-6)7(2)15-20(17,18)8-3-9(12)10(16)13-5-8/h3-5,7,15H,1-2H3,(H,13,16). The van der Waals surface area contributed by atoms with Crippen LogP contribution >= 0.6 is 11.6 Å². The average Bonchev–Trinajstić information content (AvgIpc) is 2.79. The van der Waals surface area contributed by atoms with Gasteiger partial charge in [0.15, 0.2) is 0 Å². The summed E-state index contributed by atoms with van der Waals surface area (Å²) >= 11 is 5.61. The summed E-state index contributed by atoms with van der Waals surface area (Å²) in [4.78, 5) is 17.2. The fraction of sp³-hybridized carbons (Fsp3) is 0.273. The van der Waals surface area contributed by atoms with E-state index in [2.05, 4.69) is 14.7 Å². The lowest BCUT2D eigenvalue weighted by Gasteiger charge is -2.11. The number of hydrogen-bond donors (Lipinski definition) is 2. The Morgan fingerprint density at radius 1 is 1.50 bits per heavy atom. The Balaban J connectivity index is 2.26. The third-order valence-electron chi connectivity index (χ3n) is 2.48. The fourth-order valence-corrected chi connectivity index (χ4v) is 2.94. The number of hydrogen-bond acceptors (Lipinski definition) is 5. The first kappa shape index (κ1) is 14.8. The summed E-state index contributed by atoms with van der Waals surface area (Å²) < 4.78 is 31.9. The number of aromatic amines is 1. The number of aryl methyl sites for hydroxylation is 1. The van der Waals surface area contributed by atoms with Gasteiger partial charge in [-0.2, -0.15) is 4.72 Å². The molecular weight excluding hydrogens is 306 g/mol. The van der Waals surface area contributed by atoms with Crippen molar-refractivity contribution < 1.29 is 12.8 Å². The molecule has 2 aromatic rings. The minimum Gasteiger partial charge on any atom is -0.444 e. The van der Waals surface area contributed by atoms with Gasteiger partial charge in [-0.15, -0.1) is 0 Å². The molecule has 0 saturated carbocycles. The molecule has 0 aliphatic rings. The van der Waals surface area contributed by atoms with E-state index in [4.69, 9.17) is 16.0 Å². The summed E-state index contributed by atoms with van der Waals surface area (Å²) in [5.74, 6) is 0.833. The summed E-state index contributed by atoms with van der Waals surface area (Å²) in [5, 5.41) is -0.201. The molecule has 2 N–H and O–H groups in total. The second-order valence-electron chi connectivity index (χ2n) is 4.16. The maximum absolute atomic E-state index is 12.1. The molecule has 0 amide bonds. The van der Waals surface area contributed by atoms with E-state index in [1.165, 1.54) is 6.20 Å². The molecule has 0 radical (unpaired) electrons. The van der Waals surface area contributed by atoms with Crippen molar-refractivity contribution in [2.45, 2.75) is 24.8 Å². The summed E-state index contributed by atoms with van der Waals surface area (Å²) in [6.07, 6.45) is 2.57. The van der Waals surface area contributed by atoms with Crippen LogP contribution < -0.4 is 10.3 Å². The van der Waals surface area contributed by atoms with E-state index in [9.17, 15) is 13.2 Å². The zero-order chi connectivity index (χ0) is 14.9. The van der Waals surface area contributed by atoms with Crippen LogP contribution in [-0.2, 0) is 10.0 Å². The Kier molecular flexibility index (Phi) is 3.98. The molecule has 108 valence electrons. The Bertz CT molecular complexity index is 781. The first-order chi connectivity index (χ1) is 9.29. The molecule has 2 rings (SSSR count). The zero-order valence-corrected chi connectivity index (χ0v) is 12.2. The van der Waals surface area contributed by atoms with E-state index >= 15 is 0 Å². The van der Waals surface area contributed by atoms with Crippen molar-refractivity contribution in [1.29, 1.82) is 0 Å². The van der Waals surface area contributed by atoms with Gasteiger partial charge in [-0.05, 0) is 19.9 Å². The van der Waals surface area contributed by atoms with Gasteiger partial charge in [0.2, 0.25) is 15.9 Å². The van der Waals surface area contributed by atoms with Crippen LogP contribution in [0.1, 0.15) is 24.6 Å². The molecule has 20 heavy (non-hydrogen) atoms. The third kappa shape index (κ3) is 3.09. The number of sulfonamides is 1. The quantitative estimate of drug-likeness (QED) is 0.886. The first-order valence-electron chi connectivity index (χ1n) is 5.62. The Morgan fingerprint density at radius 3 is 2.75 bits per heavy atom. The lowest BCUT2D eigenvalue weighted by atomic mass is 10.4. The van der Waals surface area contributed by atoms with Gasteiger partial charge in [0, 0.05) is 6.20 Å². The number of aromatic nitrogens is 2. The smallest absolute Gasteiger partial charge is 0.266 e. The Labute approximate surface area is 120 Å². The van der Waals surface area contributed by atoms with Gasteiger partial charge in [0.1, 0.15) is 10.8 Å². The van der Waals surface area contributed by atoms with Gasteiger partial charge < -0.3 is 9.40 Å². The summed E-state index contributed by atoms with van der Waals surface area (Å²) in [6, 6.07) is 0.426. The van der Waals surface area contributed by atoms with Crippen molar-refractivity contribution in [2.75, 3.05) is 0 Å². The highest BCUT2D eigenvalue weighted by atomic mass is 35.5. The molecule has 0 saturated heterocycles. The third-order valence-corrected chi connectivity index (χ3v) is 4.28. The number of oxazole rings is 1. The van der Waals surface area contributed by atoms with Crippen LogP contribution in [0.15, 0.2) is 32.6 Å². The first-order valence-corrected chi connectivity index (χ1v) is 7.48. The molecule has 0 bridgehead atoms. The van der Waals surface area contributed by atoms with Gasteiger partial charge in [0.05, 0.1) is 17.1 Å². The highest BCUT2D eigenvalue weighted by Crippen LogP contribution is 2.17. The molecule has 1 unspecified atom stereocenters. The van der Waals surface area contributed by atoms with Crippen molar-refractivity contribution in [2.24, 2.45) is 0 Å². The number of halogens is 1. The van der Waals surface area contributed by atoms with E-state index in [-0.39, 0.29) is 15.8 Å². The van der Waals surface area contributed by atoms with Crippen LogP contribution in [-0.4, -0.2) is 18.4 Å². The topological polar surface area (TPSA) is 105 Å². The molecule has 0 spiro atoms. The van der Waals surface area contributed by atoms with E-state index in [0.717, 1.165) is 12.3 Å². The van der Waals surface area contributed by atoms with E-state index in [1.807, 2.05) is 0 Å². The van der Waals surface area contributed by atoms with Crippen LogP contribution in [0.4, 0.5) is 0 Å². The second-order valence-corrected chi connectivity index (χ2v) is 6.29. The number of rotatable bonds is 4. The van der Waals surface area contributed by atoms with Crippen LogP contribution in [0.3, 0.4) is 0 Å². The van der Waals surface area contributed by atoms with Crippen LogP contribution in [0.5, 0.6) is 0 Å². The van der Waals surface area contributed by atoms with Crippen molar-refractivity contribution in [3.63, 3.8) is 0 Å². The average molecular weight is 318 g/mol. The number of nitrogens with one attached hydrogen (secondary N) is 2. The molecule has 1 atom stereocenters. The van der Waals surface area contributed by atoms with Crippen LogP contribution in [0, 0.1) is 6.92 Å². The fourth-order valence-electron chi connectivity index (χ4n) is 1.52. The highest BCUT2D eigenvalue weighted by molar-refractivity contribution is 7.89. The number of pyridine rings is 1. The van der Waals surface area contributed by atoms with Gasteiger partial charge in [-0.1, -0.05) is 11.6 Å². The predicted molar refractivity (Wildman–Crippen MR) is 72.0 cm³/mol. The molecule has 7 nitrogen and oxygen atoms in total. The number of nitrogens with zero attached hydrogens (tertiary/aromatic N) is 1. The van der Waals surface area contributed by atoms with E-state index in [0.29, 0.717) is 5.76 Å². The van der Waals surface area contributed by atoms with E-state index in [1.54, 1.807) is 13.8 Å². The van der Waals surface area contributed by atoms with Gasteiger partial charge in [0.25, 0.3) is 5.56 Å². The summed E-state index contributed by atoms with van der Waals surface area (Å²) in [6.45, 7) is 3.30. The molecular formula is C11H12ClN3O4S. The number of H-pyrrole nitrogens is 1. The van der Waals surface area contributed by atoms with Crippen LogP contribution in [0.2, 0.25) is 5.02 Å². The second kappa shape index (κ2) is 5.39. The molecule has 0 aromatic carbocycles. The normalized spacial score (nSPS) is 13.3. The highest BCUT2D eigenvalue weighted by Gasteiger charge is 2.22.